The van der Waals surface area contributed by atoms with Crippen molar-refractivity contribution in [2.45, 2.75) is 29.8 Å². The van der Waals surface area contributed by atoms with Gasteiger partial charge in [-0.05, 0) is 42.5 Å². The highest BCUT2D eigenvalue weighted by Crippen LogP contribution is 2.44. The molecule has 0 aromatic heterocycles. The lowest BCUT2D eigenvalue weighted by molar-refractivity contribution is -0.0793. The number of carbonyl (C=O) groups is 1. The molecule has 0 unspecified atom stereocenters. The largest absolute Gasteiger partial charge is 0.483 e. The first-order chi connectivity index (χ1) is 14.3. The van der Waals surface area contributed by atoms with Crippen molar-refractivity contribution in [3.05, 3.63) is 52.0 Å². The summed E-state index contributed by atoms with van der Waals surface area (Å²) in [5, 5.41) is 18.7. The van der Waals surface area contributed by atoms with Crippen molar-refractivity contribution in [2.24, 2.45) is 0 Å². The highest BCUT2D eigenvalue weighted by molar-refractivity contribution is 7.92. The van der Waals surface area contributed by atoms with Gasteiger partial charge < -0.3 is 14.6 Å². The molecule has 10 heteroatoms. The van der Waals surface area contributed by atoms with Gasteiger partial charge >= 0.3 is 5.97 Å². The van der Waals surface area contributed by atoms with E-state index in [1.807, 2.05) is 6.07 Å². The lowest BCUT2D eigenvalue weighted by atomic mass is 10.1. The fourth-order valence-electron chi connectivity index (χ4n) is 3.11. The number of benzene rings is 2. The number of carboxylic acid groups (broad SMARTS) is 1. The van der Waals surface area contributed by atoms with Crippen molar-refractivity contribution in [2.75, 3.05) is 17.9 Å². The number of nitriles is 1. The van der Waals surface area contributed by atoms with Crippen LogP contribution in [0.3, 0.4) is 0 Å². The van der Waals surface area contributed by atoms with Gasteiger partial charge in [0.05, 0.1) is 39.9 Å². The molecule has 2 aliphatic rings. The van der Waals surface area contributed by atoms with Gasteiger partial charge in [0.1, 0.15) is 17.9 Å². The predicted molar refractivity (Wildman–Crippen MR) is 108 cm³/mol. The number of anilines is 1. The van der Waals surface area contributed by atoms with E-state index in [2.05, 4.69) is 4.72 Å². The van der Waals surface area contributed by atoms with E-state index in [1.165, 1.54) is 18.2 Å². The van der Waals surface area contributed by atoms with Crippen molar-refractivity contribution < 1.29 is 27.8 Å². The molecule has 1 heterocycles. The van der Waals surface area contributed by atoms with Crippen LogP contribution >= 0.6 is 11.6 Å². The Morgan fingerprint density at radius 1 is 1.27 bits per heavy atom. The molecule has 1 aliphatic heterocycles. The number of nitrogens with one attached hydrogen (secondary N) is 1. The fraction of sp³-hybridized carbons (Fsp3) is 0.300. The van der Waals surface area contributed by atoms with E-state index in [-0.39, 0.29) is 44.5 Å². The van der Waals surface area contributed by atoms with Crippen LogP contribution in [-0.2, 0) is 14.8 Å². The summed E-state index contributed by atoms with van der Waals surface area (Å²) in [6, 6.07) is 8.68. The molecule has 0 bridgehead atoms. The van der Waals surface area contributed by atoms with Gasteiger partial charge in [-0.15, -0.1) is 0 Å². The number of hydrogen-bond acceptors (Lipinski definition) is 6. The summed E-state index contributed by atoms with van der Waals surface area (Å²) < 4.78 is 39.8. The Kier molecular flexibility index (Phi) is 5.32. The van der Waals surface area contributed by atoms with Crippen molar-refractivity contribution in [1.82, 2.24) is 0 Å². The van der Waals surface area contributed by atoms with Crippen LogP contribution in [0.5, 0.6) is 5.75 Å². The van der Waals surface area contributed by atoms with Gasteiger partial charge in [-0.25, -0.2) is 13.2 Å². The number of rotatable bonds is 7. The summed E-state index contributed by atoms with van der Waals surface area (Å²) in [5.41, 5.74) is 0.562. The van der Waals surface area contributed by atoms with Crippen molar-refractivity contribution in [1.29, 1.82) is 5.26 Å². The number of nitrogens with zero attached hydrogens (tertiary/aromatic N) is 1. The Morgan fingerprint density at radius 2 is 2.00 bits per heavy atom. The second-order valence-corrected chi connectivity index (χ2v) is 9.21. The van der Waals surface area contributed by atoms with Gasteiger partial charge in [0.25, 0.3) is 10.0 Å². The van der Waals surface area contributed by atoms with Crippen LogP contribution in [0.25, 0.3) is 0 Å². The third-order valence-corrected chi connectivity index (χ3v) is 6.64. The van der Waals surface area contributed by atoms with Crippen LogP contribution in [0.1, 0.15) is 40.2 Å². The Balaban J connectivity index is 1.75. The van der Waals surface area contributed by atoms with Crippen LogP contribution in [0, 0.1) is 11.3 Å². The first-order valence-electron chi connectivity index (χ1n) is 9.16. The summed E-state index contributed by atoms with van der Waals surface area (Å²) in [6.45, 7) is 0.715. The summed E-state index contributed by atoms with van der Waals surface area (Å²) in [7, 11) is -4.17. The summed E-state index contributed by atoms with van der Waals surface area (Å²) in [4.78, 5) is 11.3. The minimum absolute atomic E-state index is 0.0466. The van der Waals surface area contributed by atoms with E-state index in [0.29, 0.717) is 18.8 Å². The lowest BCUT2D eigenvalue weighted by Crippen LogP contribution is -2.38. The van der Waals surface area contributed by atoms with Crippen molar-refractivity contribution in [3.63, 3.8) is 0 Å². The second-order valence-electron chi connectivity index (χ2n) is 7.15. The molecule has 0 spiro atoms. The topological polar surface area (TPSA) is 126 Å². The first-order valence-corrected chi connectivity index (χ1v) is 11.0. The first kappa shape index (κ1) is 20.5. The average molecular weight is 449 g/mol. The molecule has 2 aromatic carbocycles. The van der Waals surface area contributed by atoms with E-state index in [0.717, 1.165) is 18.9 Å². The lowest BCUT2D eigenvalue weighted by Gasteiger charge is -2.28. The third-order valence-electron chi connectivity index (χ3n) is 4.90. The molecule has 2 fully saturated rings. The van der Waals surface area contributed by atoms with Gasteiger partial charge in [-0.3, -0.25) is 4.72 Å². The van der Waals surface area contributed by atoms with E-state index in [4.69, 9.17) is 21.1 Å². The number of sulfonamides is 1. The van der Waals surface area contributed by atoms with Gasteiger partial charge in [-0.1, -0.05) is 17.7 Å². The highest BCUT2D eigenvalue weighted by atomic mass is 35.5. The molecule has 2 aromatic rings. The highest BCUT2D eigenvalue weighted by Gasteiger charge is 2.32. The normalized spacial score (nSPS) is 16.4. The molecule has 8 nitrogen and oxygen atoms in total. The molecule has 0 radical (unpaired) electrons. The number of hydrogen-bond donors (Lipinski definition) is 2. The zero-order valence-electron chi connectivity index (χ0n) is 15.6. The third kappa shape index (κ3) is 4.07. The molecule has 1 saturated heterocycles. The maximum atomic E-state index is 13.2. The predicted octanol–water partition coefficient (Wildman–Crippen LogP) is 3.37. The molecule has 156 valence electrons. The van der Waals surface area contributed by atoms with Crippen LogP contribution in [0.2, 0.25) is 5.02 Å². The van der Waals surface area contributed by atoms with Crippen LogP contribution < -0.4 is 9.46 Å². The Hall–Kier alpha value is -2.80. The summed E-state index contributed by atoms with van der Waals surface area (Å²) in [5.74, 6) is -0.985. The second kappa shape index (κ2) is 7.80. The minimum atomic E-state index is -4.17. The number of carboxylic acids is 1. The molecular formula is C20H17ClN2O6S. The maximum Gasteiger partial charge on any atom is 0.335 e. The summed E-state index contributed by atoms with van der Waals surface area (Å²) in [6.07, 6.45) is 1.42. The molecule has 0 atom stereocenters. The standard InChI is InChI=1S/C20H17ClN2O6S/c21-16-7-18(29-14-9-28-10-14)17(5-13(16)8-22)23-30(26,27)19-6-12(20(24)25)3-4-15(19)11-1-2-11/h3-7,11,14,23H,1-2,9-10H2,(H,24,25). The van der Waals surface area contributed by atoms with E-state index in [1.54, 1.807) is 6.07 Å². The molecule has 30 heavy (non-hydrogen) atoms. The van der Waals surface area contributed by atoms with Gasteiger partial charge in [0.15, 0.2) is 0 Å². The summed E-state index contributed by atoms with van der Waals surface area (Å²) >= 11 is 6.09. The number of aromatic carboxylic acids is 1. The van der Waals surface area contributed by atoms with E-state index >= 15 is 0 Å². The van der Waals surface area contributed by atoms with Crippen molar-refractivity contribution in [3.8, 4) is 11.8 Å². The zero-order chi connectivity index (χ0) is 21.5. The number of halogens is 1. The molecule has 4 rings (SSSR count). The van der Waals surface area contributed by atoms with Crippen LogP contribution in [-0.4, -0.2) is 38.8 Å². The average Bonchev–Trinajstić information content (AvgIpc) is 3.50. The van der Waals surface area contributed by atoms with Gasteiger partial charge in [-0.2, -0.15) is 5.26 Å². The maximum absolute atomic E-state index is 13.2. The Labute approximate surface area is 178 Å². The van der Waals surface area contributed by atoms with Gasteiger partial charge in [0, 0.05) is 6.07 Å². The number of ether oxygens (including phenoxy) is 2. The van der Waals surface area contributed by atoms with Gasteiger partial charge in [0.2, 0.25) is 0 Å². The SMILES string of the molecule is N#Cc1cc(NS(=O)(=O)c2cc(C(=O)O)ccc2C2CC2)c(OC2COC2)cc1Cl. The quantitative estimate of drug-likeness (QED) is 0.664. The Morgan fingerprint density at radius 3 is 2.57 bits per heavy atom. The fourth-order valence-corrected chi connectivity index (χ4v) is 4.69. The van der Waals surface area contributed by atoms with E-state index < -0.39 is 16.0 Å². The molecule has 0 amide bonds. The minimum Gasteiger partial charge on any atom is -0.483 e. The molecule has 1 aliphatic carbocycles. The molecule has 2 N–H and O–H groups in total. The smallest absolute Gasteiger partial charge is 0.335 e. The Bertz CT molecular complexity index is 1170. The van der Waals surface area contributed by atoms with Crippen molar-refractivity contribution >= 4 is 33.3 Å². The molecule has 1 saturated carbocycles. The van der Waals surface area contributed by atoms with E-state index in [9.17, 15) is 23.6 Å². The van der Waals surface area contributed by atoms with Crippen LogP contribution in [0.4, 0.5) is 5.69 Å². The zero-order valence-corrected chi connectivity index (χ0v) is 17.2. The monoisotopic (exact) mass is 448 g/mol. The van der Waals surface area contributed by atoms with Crippen LogP contribution in [0.15, 0.2) is 35.2 Å². The molecular weight excluding hydrogens is 432 g/mol.